The van der Waals surface area contributed by atoms with Gasteiger partial charge >= 0.3 is 0 Å². The standard InChI is InChI=1S/C21H16FN3O2/c22-16-12-10-15(11-13-16)21-25-24-20(27-21)14-23-18-8-4-5-9-19(18)26-17-6-2-1-3-7-17/h1-13,23H,14H2. The molecule has 0 unspecified atom stereocenters. The van der Waals surface area contributed by atoms with Crippen molar-refractivity contribution in [3.8, 4) is 23.0 Å². The van der Waals surface area contributed by atoms with Crippen LogP contribution < -0.4 is 10.1 Å². The molecule has 1 aromatic heterocycles. The number of nitrogens with zero attached hydrogens (tertiary/aromatic N) is 2. The largest absolute Gasteiger partial charge is 0.455 e. The Balaban J connectivity index is 1.46. The zero-order chi connectivity index (χ0) is 18.5. The van der Waals surface area contributed by atoms with Crippen LogP contribution >= 0.6 is 0 Å². The Morgan fingerprint density at radius 3 is 2.41 bits per heavy atom. The van der Waals surface area contributed by atoms with Crippen molar-refractivity contribution in [2.45, 2.75) is 6.54 Å². The molecule has 0 aliphatic carbocycles. The molecule has 134 valence electrons. The van der Waals surface area contributed by atoms with Gasteiger partial charge in [0.2, 0.25) is 11.8 Å². The van der Waals surface area contributed by atoms with Gasteiger partial charge in [-0.25, -0.2) is 4.39 Å². The molecular weight excluding hydrogens is 345 g/mol. The summed E-state index contributed by atoms with van der Waals surface area (Å²) in [5.41, 5.74) is 1.48. The molecule has 0 saturated carbocycles. The zero-order valence-corrected chi connectivity index (χ0v) is 14.3. The quantitative estimate of drug-likeness (QED) is 0.506. The molecule has 0 amide bonds. The van der Waals surface area contributed by atoms with Crippen LogP contribution in [0.15, 0.2) is 83.3 Å². The fraction of sp³-hybridized carbons (Fsp3) is 0.0476. The second-order valence-corrected chi connectivity index (χ2v) is 5.77. The maximum atomic E-state index is 13.0. The smallest absolute Gasteiger partial charge is 0.247 e. The topological polar surface area (TPSA) is 60.2 Å². The van der Waals surface area contributed by atoms with Crippen LogP contribution in [-0.4, -0.2) is 10.2 Å². The summed E-state index contributed by atoms with van der Waals surface area (Å²) in [6, 6.07) is 23.1. The first-order valence-corrected chi connectivity index (χ1v) is 8.42. The van der Waals surface area contributed by atoms with E-state index < -0.39 is 0 Å². The van der Waals surface area contributed by atoms with Gasteiger partial charge in [-0.2, -0.15) is 0 Å². The lowest BCUT2D eigenvalue weighted by Crippen LogP contribution is -2.01. The Morgan fingerprint density at radius 2 is 1.59 bits per heavy atom. The minimum atomic E-state index is -0.310. The first-order valence-electron chi connectivity index (χ1n) is 8.42. The predicted molar refractivity (Wildman–Crippen MR) is 100.0 cm³/mol. The van der Waals surface area contributed by atoms with Crippen molar-refractivity contribution in [1.82, 2.24) is 10.2 Å². The summed E-state index contributed by atoms with van der Waals surface area (Å²) in [6.45, 7) is 0.337. The number of aromatic nitrogens is 2. The van der Waals surface area contributed by atoms with E-state index in [1.807, 2.05) is 54.6 Å². The highest BCUT2D eigenvalue weighted by molar-refractivity contribution is 5.57. The van der Waals surface area contributed by atoms with E-state index in [0.717, 1.165) is 11.4 Å². The zero-order valence-electron chi connectivity index (χ0n) is 14.3. The van der Waals surface area contributed by atoms with E-state index in [1.165, 1.54) is 12.1 Å². The van der Waals surface area contributed by atoms with Crippen LogP contribution in [0.1, 0.15) is 5.89 Å². The first kappa shape index (κ1) is 16.8. The van der Waals surface area contributed by atoms with E-state index in [1.54, 1.807) is 12.1 Å². The third-order valence-corrected chi connectivity index (χ3v) is 3.85. The van der Waals surface area contributed by atoms with Gasteiger partial charge in [0.05, 0.1) is 12.2 Å². The highest BCUT2D eigenvalue weighted by Crippen LogP contribution is 2.29. The number of nitrogens with one attached hydrogen (secondary N) is 1. The van der Waals surface area contributed by atoms with Gasteiger partial charge in [-0.05, 0) is 48.5 Å². The predicted octanol–water partition coefficient (Wildman–Crippen LogP) is 5.28. The minimum Gasteiger partial charge on any atom is -0.455 e. The molecule has 4 aromatic rings. The average molecular weight is 361 g/mol. The normalized spacial score (nSPS) is 10.6. The molecule has 0 bridgehead atoms. The number of rotatable bonds is 6. The van der Waals surface area contributed by atoms with Gasteiger partial charge in [0.25, 0.3) is 0 Å². The van der Waals surface area contributed by atoms with E-state index in [9.17, 15) is 4.39 Å². The molecule has 0 spiro atoms. The van der Waals surface area contributed by atoms with Gasteiger partial charge in [0.1, 0.15) is 11.6 Å². The molecule has 0 fully saturated rings. The average Bonchev–Trinajstić information content (AvgIpc) is 3.18. The van der Waals surface area contributed by atoms with Crippen LogP contribution in [-0.2, 0) is 6.54 Å². The molecule has 0 radical (unpaired) electrons. The molecular formula is C21H16FN3O2. The Morgan fingerprint density at radius 1 is 0.852 bits per heavy atom. The van der Waals surface area contributed by atoms with E-state index in [0.29, 0.717) is 29.6 Å². The summed E-state index contributed by atoms with van der Waals surface area (Å²) < 4.78 is 24.6. The van der Waals surface area contributed by atoms with Crippen LogP contribution in [0.2, 0.25) is 0 Å². The molecule has 1 N–H and O–H groups in total. The number of ether oxygens (including phenoxy) is 1. The second-order valence-electron chi connectivity index (χ2n) is 5.77. The maximum Gasteiger partial charge on any atom is 0.247 e. The molecule has 0 aliphatic heterocycles. The van der Waals surface area contributed by atoms with Crippen molar-refractivity contribution in [3.05, 3.63) is 90.6 Å². The highest BCUT2D eigenvalue weighted by atomic mass is 19.1. The summed E-state index contributed by atoms with van der Waals surface area (Å²) in [5, 5.41) is 11.3. The second kappa shape index (κ2) is 7.70. The Hall–Kier alpha value is -3.67. The summed E-state index contributed by atoms with van der Waals surface area (Å²) in [5.74, 6) is 1.91. The lowest BCUT2D eigenvalue weighted by Gasteiger charge is -2.11. The molecule has 5 nitrogen and oxygen atoms in total. The summed E-state index contributed by atoms with van der Waals surface area (Å²) >= 11 is 0. The van der Waals surface area contributed by atoms with Crippen LogP contribution in [0, 0.1) is 5.82 Å². The molecule has 0 atom stereocenters. The van der Waals surface area contributed by atoms with Crippen molar-refractivity contribution in [2.75, 3.05) is 5.32 Å². The van der Waals surface area contributed by atoms with Crippen molar-refractivity contribution < 1.29 is 13.5 Å². The molecule has 0 saturated heterocycles. The van der Waals surface area contributed by atoms with E-state index in [-0.39, 0.29) is 5.82 Å². The molecule has 4 rings (SSSR count). The van der Waals surface area contributed by atoms with Crippen LogP contribution in [0.25, 0.3) is 11.5 Å². The van der Waals surface area contributed by atoms with Crippen molar-refractivity contribution >= 4 is 5.69 Å². The molecule has 1 heterocycles. The fourth-order valence-corrected chi connectivity index (χ4v) is 2.52. The Kier molecular flexibility index (Phi) is 4.78. The van der Waals surface area contributed by atoms with Gasteiger partial charge in [0, 0.05) is 5.56 Å². The maximum absolute atomic E-state index is 13.0. The van der Waals surface area contributed by atoms with Gasteiger partial charge < -0.3 is 14.5 Å². The number of hydrogen-bond donors (Lipinski definition) is 1. The van der Waals surface area contributed by atoms with Crippen molar-refractivity contribution in [2.24, 2.45) is 0 Å². The third-order valence-electron chi connectivity index (χ3n) is 3.85. The van der Waals surface area contributed by atoms with Crippen LogP contribution in [0.4, 0.5) is 10.1 Å². The van der Waals surface area contributed by atoms with Crippen molar-refractivity contribution in [1.29, 1.82) is 0 Å². The van der Waals surface area contributed by atoms with E-state index >= 15 is 0 Å². The number of halogens is 1. The molecule has 27 heavy (non-hydrogen) atoms. The third kappa shape index (κ3) is 4.12. The van der Waals surface area contributed by atoms with Gasteiger partial charge in [-0.15, -0.1) is 10.2 Å². The number of anilines is 1. The molecule has 6 heteroatoms. The molecule has 3 aromatic carbocycles. The summed E-state index contributed by atoms with van der Waals surface area (Å²) in [7, 11) is 0. The SMILES string of the molecule is Fc1ccc(-c2nnc(CNc3ccccc3Oc3ccccc3)o2)cc1. The molecule has 0 aliphatic rings. The van der Waals surface area contributed by atoms with Crippen LogP contribution in [0.3, 0.4) is 0 Å². The lowest BCUT2D eigenvalue weighted by atomic mass is 10.2. The van der Waals surface area contributed by atoms with Crippen LogP contribution in [0.5, 0.6) is 11.5 Å². The Labute approximate surface area is 155 Å². The van der Waals surface area contributed by atoms with E-state index in [2.05, 4.69) is 15.5 Å². The van der Waals surface area contributed by atoms with E-state index in [4.69, 9.17) is 9.15 Å². The highest BCUT2D eigenvalue weighted by Gasteiger charge is 2.10. The first-order chi connectivity index (χ1) is 13.3. The minimum absolute atomic E-state index is 0.310. The van der Waals surface area contributed by atoms with Gasteiger partial charge in [-0.1, -0.05) is 30.3 Å². The number of benzene rings is 3. The van der Waals surface area contributed by atoms with Crippen molar-refractivity contribution in [3.63, 3.8) is 0 Å². The van der Waals surface area contributed by atoms with Gasteiger partial charge in [-0.3, -0.25) is 0 Å². The fourth-order valence-electron chi connectivity index (χ4n) is 2.52. The lowest BCUT2D eigenvalue weighted by molar-refractivity contribution is 0.483. The number of para-hydroxylation sites is 3. The summed E-state index contributed by atoms with van der Waals surface area (Å²) in [4.78, 5) is 0. The number of hydrogen-bond acceptors (Lipinski definition) is 5. The van der Waals surface area contributed by atoms with Gasteiger partial charge in [0.15, 0.2) is 5.75 Å². The Bertz CT molecular complexity index is 1020. The summed E-state index contributed by atoms with van der Waals surface area (Å²) in [6.07, 6.45) is 0. The monoisotopic (exact) mass is 361 g/mol.